The molecule has 0 radical (unpaired) electrons. The van der Waals surface area contributed by atoms with Gasteiger partial charge in [-0.1, -0.05) is 12.1 Å². The predicted octanol–water partition coefficient (Wildman–Crippen LogP) is 1.72. The first-order valence-corrected chi connectivity index (χ1v) is 6.07. The van der Waals surface area contributed by atoms with Crippen molar-refractivity contribution in [3.63, 3.8) is 0 Å². The third kappa shape index (κ3) is 2.00. The van der Waals surface area contributed by atoms with E-state index in [1.165, 1.54) is 0 Å². The number of nitrogens with zero attached hydrogens (tertiary/aromatic N) is 3. The summed E-state index contributed by atoms with van der Waals surface area (Å²) in [6.45, 7) is 4.30. The molecular weight excluding hydrogens is 214 g/mol. The van der Waals surface area contributed by atoms with Crippen LogP contribution in [0.2, 0.25) is 0 Å². The molecule has 3 rings (SSSR count). The zero-order valence-corrected chi connectivity index (χ0v) is 10.4. The van der Waals surface area contributed by atoms with Gasteiger partial charge in [0, 0.05) is 0 Å². The van der Waals surface area contributed by atoms with Crippen LogP contribution in [0.5, 0.6) is 0 Å². The van der Waals surface area contributed by atoms with Crippen LogP contribution in [0.4, 0.5) is 6.01 Å². The highest BCUT2D eigenvalue weighted by atomic mass is 16.4. The molecule has 0 amide bonds. The largest absolute Gasteiger partial charge is 0.423 e. The molecule has 4 heteroatoms. The van der Waals surface area contributed by atoms with Gasteiger partial charge in [0.25, 0.3) is 6.01 Å². The molecule has 1 fully saturated rings. The number of benzene rings is 1. The molecule has 2 heterocycles. The molecule has 0 saturated carbocycles. The fraction of sp³-hybridized carbons (Fsp3) is 0.462. The number of anilines is 1. The maximum Gasteiger partial charge on any atom is 0.298 e. The molecule has 17 heavy (non-hydrogen) atoms. The number of piperazine rings is 1. The number of quaternary nitrogens is 1. The lowest BCUT2D eigenvalue weighted by Crippen LogP contribution is -2.54. The van der Waals surface area contributed by atoms with Crippen LogP contribution in [-0.2, 0) is 0 Å². The fourth-order valence-electron chi connectivity index (χ4n) is 2.19. The first-order valence-electron chi connectivity index (χ1n) is 6.07. The summed E-state index contributed by atoms with van der Waals surface area (Å²) in [5.41, 5.74) is 1.82. The van der Waals surface area contributed by atoms with Crippen LogP contribution >= 0.6 is 0 Å². The third-order valence-corrected chi connectivity index (χ3v) is 3.50. The van der Waals surface area contributed by atoms with Gasteiger partial charge in [0.2, 0.25) is 0 Å². The van der Waals surface area contributed by atoms with E-state index >= 15 is 0 Å². The number of aromatic nitrogens is 1. The maximum atomic E-state index is 5.78. The van der Waals surface area contributed by atoms with Crippen LogP contribution in [0.15, 0.2) is 28.7 Å². The quantitative estimate of drug-likeness (QED) is 0.701. The lowest BCUT2D eigenvalue weighted by Gasteiger charge is -2.38. The topological polar surface area (TPSA) is 29.3 Å². The van der Waals surface area contributed by atoms with Crippen molar-refractivity contribution >= 4 is 17.1 Å². The van der Waals surface area contributed by atoms with Crippen LogP contribution in [0.25, 0.3) is 11.1 Å². The molecule has 0 atom stereocenters. The van der Waals surface area contributed by atoms with E-state index in [0.717, 1.165) is 47.8 Å². The second kappa shape index (κ2) is 3.74. The first kappa shape index (κ1) is 10.6. The van der Waals surface area contributed by atoms with Crippen molar-refractivity contribution < 1.29 is 8.90 Å². The van der Waals surface area contributed by atoms with Crippen molar-refractivity contribution in [1.82, 2.24) is 4.98 Å². The number of hydrogen-bond donors (Lipinski definition) is 0. The highest BCUT2D eigenvalue weighted by Gasteiger charge is 2.26. The van der Waals surface area contributed by atoms with Gasteiger partial charge in [0.05, 0.1) is 40.3 Å². The van der Waals surface area contributed by atoms with Crippen LogP contribution in [0, 0.1) is 0 Å². The molecule has 1 saturated heterocycles. The number of oxazole rings is 1. The van der Waals surface area contributed by atoms with Gasteiger partial charge in [-0.3, -0.25) is 0 Å². The molecule has 2 aromatic rings. The molecule has 1 aromatic carbocycles. The minimum atomic E-state index is 0.769. The minimum absolute atomic E-state index is 0.769. The molecule has 1 aliphatic heterocycles. The Balaban J connectivity index is 1.85. The Morgan fingerprint density at radius 2 is 1.88 bits per heavy atom. The number of likely N-dealkylation sites (N-methyl/N-ethyl adjacent to an activating group) is 1. The van der Waals surface area contributed by atoms with Crippen LogP contribution < -0.4 is 4.90 Å². The van der Waals surface area contributed by atoms with Crippen molar-refractivity contribution in [3.05, 3.63) is 24.3 Å². The summed E-state index contributed by atoms with van der Waals surface area (Å²) in [5.74, 6) is 0. The molecule has 1 aliphatic rings. The molecule has 0 spiro atoms. The molecule has 0 aliphatic carbocycles. The zero-order valence-electron chi connectivity index (χ0n) is 10.4. The Morgan fingerprint density at radius 3 is 2.59 bits per heavy atom. The van der Waals surface area contributed by atoms with Crippen molar-refractivity contribution in [2.24, 2.45) is 0 Å². The van der Waals surface area contributed by atoms with E-state index < -0.39 is 0 Å². The first-order chi connectivity index (χ1) is 8.14. The lowest BCUT2D eigenvalue weighted by atomic mass is 10.3. The predicted molar refractivity (Wildman–Crippen MR) is 68.1 cm³/mol. The van der Waals surface area contributed by atoms with Gasteiger partial charge in [-0.2, -0.15) is 4.98 Å². The van der Waals surface area contributed by atoms with Gasteiger partial charge in [-0.05, 0) is 12.1 Å². The van der Waals surface area contributed by atoms with Crippen LogP contribution in [0.3, 0.4) is 0 Å². The Morgan fingerprint density at radius 1 is 1.18 bits per heavy atom. The molecule has 90 valence electrons. The third-order valence-electron chi connectivity index (χ3n) is 3.50. The van der Waals surface area contributed by atoms with Gasteiger partial charge in [-0.15, -0.1) is 0 Å². The maximum absolute atomic E-state index is 5.78. The summed E-state index contributed by atoms with van der Waals surface area (Å²) in [5, 5.41) is 0. The van der Waals surface area contributed by atoms with E-state index in [1.807, 2.05) is 24.3 Å². The zero-order chi connectivity index (χ0) is 11.9. The van der Waals surface area contributed by atoms with Gasteiger partial charge >= 0.3 is 0 Å². The highest BCUT2D eigenvalue weighted by molar-refractivity contribution is 5.74. The second-order valence-corrected chi connectivity index (χ2v) is 5.33. The van der Waals surface area contributed by atoms with E-state index in [9.17, 15) is 0 Å². The number of fused-ring (bicyclic) bond motifs is 1. The van der Waals surface area contributed by atoms with E-state index in [1.54, 1.807) is 0 Å². The van der Waals surface area contributed by atoms with Gasteiger partial charge in [0.15, 0.2) is 5.58 Å². The Hall–Kier alpha value is -1.55. The summed E-state index contributed by atoms with van der Waals surface area (Å²) in [4.78, 5) is 6.78. The van der Waals surface area contributed by atoms with Gasteiger partial charge in [0.1, 0.15) is 5.52 Å². The summed E-state index contributed by atoms with van der Waals surface area (Å²) < 4.78 is 6.86. The Labute approximate surface area is 101 Å². The van der Waals surface area contributed by atoms with E-state index in [2.05, 4.69) is 24.0 Å². The van der Waals surface area contributed by atoms with E-state index in [4.69, 9.17) is 4.42 Å². The smallest absolute Gasteiger partial charge is 0.298 e. The number of hydrogen-bond acceptors (Lipinski definition) is 3. The van der Waals surface area contributed by atoms with Gasteiger partial charge in [-0.25, -0.2) is 0 Å². The lowest BCUT2D eigenvalue weighted by molar-refractivity contribution is -0.890. The van der Waals surface area contributed by atoms with Crippen molar-refractivity contribution in [3.8, 4) is 0 Å². The summed E-state index contributed by atoms with van der Waals surface area (Å²) in [7, 11) is 4.53. The van der Waals surface area contributed by atoms with E-state index in [-0.39, 0.29) is 0 Å². The molecule has 0 bridgehead atoms. The van der Waals surface area contributed by atoms with Crippen LogP contribution in [0.1, 0.15) is 0 Å². The highest BCUT2D eigenvalue weighted by Crippen LogP contribution is 2.23. The fourth-order valence-corrected chi connectivity index (χ4v) is 2.19. The minimum Gasteiger partial charge on any atom is -0.423 e. The van der Waals surface area contributed by atoms with Crippen molar-refractivity contribution in [2.75, 3.05) is 45.2 Å². The standard InChI is InChI=1S/C13H18N3O/c1-16(2)9-7-15(8-10-16)13-14-11-5-3-4-6-12(11)17-13/h3-6H,7-10H2,1-2H3/q+1. The number of para-hydroxylation sites is 2. The molecule has 0 N–H and O–H groups in total. The van der Waals surface area contributed by atoms with Crippen molar-refractivity contribution in [2.45, 2.75) is 0 Å². The summed E-state index contributed by atoms with van der Waals surface area (Å²) in [6.07, 6.45) is 0. The van der Waals surface area contributed by atoms with Crippen LogP contribution in [-0.4, -0.2) is 49.7 Å². The summed E-state index contributed by atoms with van der Waals surface area (Å²) >= 11 is 0. The average Bonchev–Trinajstić information content (AvgIpc) is 2.72. The average molecular weight is 232 g/mol. The Bertz CT molecular complexity index is 489. The van der Waals surface area contributed by atoms with E-state index in [0.29, 0.717) is 0 Å². The monoisotopic (exact) mass is 232 g/mol. The molecule has 1 aromatic heterocycles. The number of rotatable bonds is 1. The Kier molecular flexibility index (Phi) is 2.33. The van der Waals surface area contributed by atoms with Gasteiger partial charge < -0.3 is 13.8 Å². The molecular formula is C13H18N3O+. The SMILES string of the molecule is C[N+]1(C)CCN(c2nc3ccccc3o2)CC1. The summed E-state index contributed by atoms with van der Waals surface area (Å²) in [6, 6.07) is 8.70. The molecule has 4 nitrogen and oxygen atoms in total. The molecule has 0 unspecified atom stereocenters. The van der Waals surface area contributed by atoms with Crippen molar-refractivity contribution in [1.29, 1.82) is 0 Å². The second-order valence-electron chi connectivity index (χ2n) is 5.33. The normalized spacial score (nSPS) is 19.8.